The van der Waals surface area contributed by atoms with Crippen molar-refractivity contribution in [3.05, 3.63) is 53.7 Å². The number of likely N-dealkylation sites (tertiary alicyclic amines) is 1. The number of hydrogen-bond donors (Lipinski definition) is 2. The second kappa shape index (κ2) is 10.9. The number of piperidine rings is 1. The number of carbonyl (C=O) groups is 3. The van der Waals surface area contributed by atoms with Crippen molar-refractivity contribution in [2.24, 2.45) is 0 Å². The molecule has 2 N–H and O–H groups in total. The third-order valence-corrected chi connectivity index (χ3v) is 5.20. The van der Waals surface area contributed by atoms with Gasteiger partial charge in [0.05, 0.1) is 6.26 Å². The van der Waals surface area contributed by atoms with E-state index in [9.17, 15) is 27.9 Å². The molecule has 1 aliphatic rings. The van der Waals surface area contributed by atoms with Gasteiger partial charge >= 0.3 is 18.1 Å². The molecule has 0 bridgehead atoms. The Bertz CT molecular complexity index is 964. The number of amides is 1. The SMILES string of the molecule is Cc1ccoc1C(=O)N1CCC(N(C)Cc2cccnc2)CC1C(=O)O.O=C(O)C(F)(F)F. The molecule has 1 amide bonds. The molecule has 2 aromatic heterocycles. The number of carboxylic acids is 2. The van der Waals surface area contributed by atoms with Gasteiger partial charge < -0.3 is 19.5 Å². The molecule has 3 heterocycles. The van der Waals surface area contributed by atoms with Crippen molar-refractivity contribution < 1.29 is 42.2 Å². The van der Waals surface area contributed by atoms with Crippen LogP contribution in [0.5, 0.6) is 0 Å². The van der Waals surface area contributed by atoms with Gasteiger partial charge in [0.2, 0.25) is 0 Å². The lowest BCUT2D eigenvalue weighted by Gasteiger charge is -2.40. The highest BCUT2D eigenvalue weighted by Gasteiger charge is 2.39. The number of furan rings is 1. The Balaban J connectivity index is 0.000000479. The lowest BCUT2D eigenvalue weighted by Crippen LogP contribution is -2.54. The van der Waals surface area contributed by atoms with E-state index >= 15 is 0 Å². The zero-order chi connectivity index (χ0) is 24.8. The number of hydrogen-bond acceptors (Lipinski definition) is 6. The number of aliphatic carboxylic acids is 2. The first-order chi connectivity index (χ1) is 15.4. The molecule has 3 rings (SSSR count). The van der Waals surface area contributed by atoms with E-state index in [1.165, 1.54) is 11.2 Å². The summed E-state index contributed by atoms with van der Waals surface area (Å²) >= 11 is 0. The van der Waals surface area contributed by atoms with Crippen molar-refractivity contribution >= 4 is 17.8 Å². The Morgan fingerprint density at radius 1 is 1.27 bits per heavy atom. The largest absolute Gasteiger partial charge is 0.490 e. The molecule has 9 nitrogen and oxygen atoms in total. The van der Waals surface area contributed by atoms with Crippen molar-refractivity contribution in [1.29, 1.82) is 0 Å². The topological polar surface area (TPSA) is 124 Å². The Morgan fingerprint density at radius 2 is 1.94 bits per heavy atom. The van der Waals surface area contributed by atoms with Crippen LogP contribution in [0.15, 0.2) is 41.3 Å². The van der Waals surface area contributed by atoms with Gasteiger partial charge in [-0.1, -0.05) is 6.07 Å². The van der Waals surface area contributed by atoms with E-state index in [0.717, 1.165) is 11.1 Å². The third kappa shape index (κ3) is 7.04. The molecule has 0 aromatic carbocycles. The molecule has 0 spiro atoms. The van der Waals surface area contributed by atoms with Crippen LogP contribution < -0.4 is 0 Å². The molecule has 1 saturated heterocycles. The number of carbonyl (C=O) groups excluding carboxylic acids is 1. The zero-order valence-electron chi connectivity index (χ0n) is 18.0. The fourth-order valence-corrected chi connectivity index (χ4v) is 3.46. The van der Waals surface area contributed by atoms with Gasteiger partial charge in [0.25, 0.3) is 5.91 Å². The first-order valence-corrected chi connectivity index (χ1v) is 9.89. The maximum Gasteiger partial charge on any atom is 0.490 e. The van der Waals surface area contributed by atoms with Gasteiger partial charge in [-0.15, -0.1) is 0 Å². The summed E-state index contributed by atoms with van der Waals surface area (Å²) in [4.78, 5) is 41.1. The summed E-state index contributed by atoms with van der Waals surface area (Å²) in [6, 6.07) is 4.81. The summed E-state index contributed by atoms with van der Waals surface area (Å²) in [5, 5.41) is 16.8. The van der Waals surface area contributed by atoms with Crippen LogP contribution >= 0.6 is 0 Å². The molecule has 2 atom stereocenters. The minimum absolute atomic E-state index is 0.0815. The Kier molecular flexibility index (Phi) is 8.57. The Hall–Kier alpha value is -3.41. The van der Waals surface area contributed by atoms with Crippen molar-refractivity contribution in [1.82, 2.24) is 14.8 Å². The van der Waals surface area contributed by atoms with Gasteiger partial charge in [0.1, 0.15) is 6.04 Å². The highest BCUT2D eigenvalue weighted by Crippen LogP contribution is 2.25. The summed E-state index contributed by atoms with van der Waals surface area (Å²) in [5.41, 5.74) is 1.79. The predicted molar refractivity (Wildman–Crippen MR) is 108 cm³/mol. The number of aromatic nitrogens is 1. The number of rotatable bonds is 5. The number of nitrogens with zero attached hydrogens (tertiary/aromatic N) is 3. The number of carboxylic acid groups (broad SMARTS) is 2. The molecular formula is C21H24F3N3O6. The number of halogens is 3. The van der Waals surface area contributed by atoms with Crippen LogP contribution in [0.3, 0.4) is 0 Å². The first-order valence-electron chi connectivity index (χ1n) is 9.89. The van der Waals surface area contributed by atoms with E-state index in [1.807, 2.05) is 25.4 Å². The number of pyridine rings is 1. The molecule has 0 radical (unpaired) electrons. The minimum Gasteiger partial charge on any atom is -0.480 e. The quantitative estimate of drug-likeness (QED) is 0.682. The van der Waals surface area contributed by atoms with Crippen molar-refractivity contribution in [3.8, 4) is 0 Å². The normalized spacial score (nSPS) is 18.4. The average Bonchev–Trinajstić information content (AvgIpc) is 3.19. The monoisotopic (exact) mass is 471 g/mol. The van der Waals surface area contributed by atoms with Gasteiger partial charge in [-0.25, -0.2) is 9.59 Å². The van der Waals surface area contributed by atoms with Gasteiger partial charge in [0.15, 0.2) is 5.76 Å². The third-order valence-electron chi connectivity index (χ3n) is 5.20. The summed E-state index contributed by atoms with van der Waals surface area (Å²) < 4.78 is 37.0. The van der Waals surface area contributed by atoms with E-state index in [0.29, 0.717) is 25.9 Å². The summed E-state index contributed by atoms with van der Waals surface area (Å²) in [6.07, 6.45) is 1.00. The van der Waals surface area contributed by atoms with Crippen molar-refractivity contribution in [2.75, 3.05) is 13.6 Å². The standard InChI is InChI=1S/C19H23N3O4.C2HF3O2/c1-13-6-9-26-17(13)18(23)22-8-5-15(10-16(22)19(24)25)21(2)12-14-4-3-7-20-11-14;3-2(4,5)1(6)7/h3-4,6-7,9,11,15-16H,5,8,10,12H2,1-2H3,(H,24,25);(H,6,7). The number of alkyl halides is 3. The highest BCUT2D eigenvalue weighted by molar-refractivity contribution is 5.95. The van der Waals surface area contributed by atoms with E-state index in [-0.39, 0.29) is 17.7 Å². The molecule has 2 aromatic rings. The first kappa shape index (κ1) is 25.8. The van der Waals surface area contributed by atoms with Crippen LogP contribution in [-0.2, 0) is 16.1 Å². The van der Waals surface area contributed by atoms with Crippen LogP contribution in [0.1, 0.15) is 34.5 Å². The van der Waals surface area contributed by atoms with E-state index in [2.05, 4.69) is 9.88 Å². The summed E-state index contributed by atoms with van der Waals surface area (Å²) in [6.45, 7) is 2.86. The molecule has 2 unspecified atom stereocenters. The van der Waals surface area contributed by atoms with Crippen LogP contribution in [0.25, 0.3) is 0 Å². The minimum atomic E-state index is -5.08. The molecule has 0 saturated carbocycles. The fraction of sp³-hybridized carbons (Fsp3) is 0.429. The summed E-state index contributed by atoms with van der Waals surface area (Å²) in [5.74, 6) is -3.87. The molecular weight excluding hydrogens is 447 g/mol. The smallest absolute Gasteiger partial charge is 0.480 e. The van der Waals surface area contributed by atoms with Crippen LogP contribution in [0.4, 0.5) is 13.2 Å². The van der Waals surface area contributed by atoms with Crippen LogP contribution in [0.2, 0.25) is 0 Å². The van der Waals surface area contributed by atoms with Crippen LogP contribution in [0, 0.1) is 6.92 Å². The lowest BCUT2D eigenvalue weighted by molar-refractivity contribution is -0.192. The zero-order valence-corrected chi connectivity index (χ0v) is 18.0. The molecule has 12 heteroatoms. The maximum atomic E-state index is 12.7. The van der Waals surface area contributed by atoms with Crippen molar-refractivity contribution in [2.45, 2.75) is 44.6 Å². The number of aryl methyl sites for hydroxylation is 1. The maximum absolute atomic E-state index is 12.7. The van der Waals surface area contributed by atoms with Gasteiger partial charge in [-0.3, -0.25) is 14.7 Å². The molecule has 1 aliphatic heterocycles. The van der Waals surface area contributed by atoms with Gasteiger partial charge in [-0.05, 0) is 44.5 Å². The molecule has 33 heavy (non-hydrogen) atoms. The fourth-order valence-electron chi connectivity index (χ4n) is 3.46. The van der Waals surface area contributed by atoms with Gasteiger partial charge in [0, 0.05) is 37.1 Å². The van der Waals surface area contributed by atoms with E-state index in [1.54, 1.807) is 19.2 Å². The average molecular weight is 471 g/mol. The molecule has 0 aliphatic carbocycles. The summed E-state index contributed by atoms with van der Waals surface area (Å²) in [7, 11) is 1.98. The lowest BCUT2D eigenvalue weighted by atomic mass is 9.95. The van der Waals surface area contributed by atoms with E-state index < -0.39 is 24.2 Å². The second-order valence-electron chi connectivity index (χ2n) is 7.54. The Morgan fingerprint density at radius 3 is 2.42 bits per heavy atom. The highest BCUT2D eigenvalue weighted by atomic mass is 19.4. The molecule has 1 fully saturated rings. The van der Waals surface area contributed by atoms with Crippen molar-refractivity contribution in [3.63, 3.8) is 0 Å². The van der Waals surface area contributed by atoms with E-state index in [4.69, 9.17) is 14.3 Å². The van der Waals surface area contributed by atoms with Crippen LogP contribution in [-0.4, -0.2) is 74.7 Å². The predicted octanol–water partition coefficient (Wildman–Crippen LogP) is 2.81. The Labute approximate surface area is 187 Å². The second-order valence-corrected chi connectivity index (χ2v) is 7.54. The van der Waals surface area contributed by atoms with Gasteiger partial charge in [-0.2, -0.15) is 13.2 Å². The molecule has 180 valence electrons.